The smallest absolute Gasteiger partial charge is 0.335 e. The summed E-state index contributed by atoms with van der Waals surface area (Å²) in [4.78, 5) is 26.7. The Morgan fingerprint density at radius 3 is 2.06 bits per heavy atom. The van der Waals surface area contributed by atoms with Gasteiger partial charge < -0.3 is 22.4 Å². The fourth-order valence-corrected chi connectivity index (χ4v) is 17.1. The third-order valence-corrected chi connectivity index (χ3v) is 18.1. The van der Waals surface area contributed by atoms with Crippen LogP contribution in [0.4, 0.5) is 0 Å². The van der Waals surface area contributed by atoms with E-state index in [2.05, 4.69) is 60.4 Å². The number of H-pyrrole nitrogens is 1. The number of hydrogen-bond donors (Lipinski definition) is 1. The van der Waals surface area contributed by atoms with E-state index in [4.69, 9.17) is 22.4 Å². The Kier molecular flexibility index (Phi) is 6.95. The highest BCUT2D eigenvalue weighted by atomic mass is 28.5. The Morgan fingerprint density at radius 2 is 1.59 bits per heavy atom. The highest BCUT2D eigenvalue weighted by Crippen LogP contribution is 2.54. The molecule has 34 heavy (non-hydrogen) atoms. The van der Waals surface area contributed by atoms with E-state index in [1.54, 1.807) is 0 Å². The Balaban J connectivity index is 1.84. The van der Waals surface area contributed by atoms with Gasteiger partial charge in [0.1, 0.15) is 17.8 Å². The predicted molar refractivity (Wildman–Crippen MR) is 132 cm³/mol. The van der Waals surface area contributed by atoms with E-state index in [-0.39, 0.29) is 22.2 Å². The third-order valence-electron chi connectivity index (χ3n) is 7.83. The average Bonchev–Trinajstić information content (AvgIpc) is 3.00. The molecule has 9 nitrogen and oxygen atoms in total. The van der Waals surface area contributed by atoms with Crippen molar-refractivity contribution in [1.82, 2.24) is 9.55 Å². The van der Waals surface area contributed by atoms with Crippen LogP contribution in [-0.4, -0.2) is 57.7 Å². The van der Waals surface area contributed by atoms with Gasteiger partial charge in [-0.3, -0.25) is 14.3 Å². The topological polar surface area (TPSA) is 101 Å². The van der Waals surface area contributed by atoms with Crippen LogP contribution in [0, 0.1) is 0 Å². The number of ether oxygens (including phenoxy) is 2. The highest BCUT2D eigenvalue weighted by Gasteiger charge is 2.68. The molecule has 0 bridgehead atoms. The zero-order valence-corrected chi connectivity index (χ0v) is 23.6. The molecule has 3 fully saturated rings. The molecule has 0 amide bonds. The average molecular weight is 513 g/mol. The van der Waals surface area contributed by atoms with Gasteiger partial charge in [-0.1, -0.05) is 55.4 Å². The van der Waals surface area contributed by atoms with Gasteiger partial charge in [0.2, 0.25) is 0 Å². The number of nitrogens with one attached hydrogen (secondary N) is 1. The van der Waals surface area contributed by atoms with Crippen molar-refractivity contribution in [2.45, 2.75) is 108 Å². The van der Waals surface area contributed by atoms with Crippen LogP contribution in [0.25, 0.3) is 0 Å². The molecular weight excluding hydrogens is 472 g/mol. The quantitative estimate of drug-likeness (QED) is 0.602. The minimum Gasteiger partial charge on any atom is -0.414 e. The van der Waals surface area contributed by atoms with Crippen LogP contribution in [0.3, 0.4) is 0 Å². The van der Waals surface area contributed by atoms with Gasteiger partial charge in [-0.15, -0.1) is 0 Å². The number of nitrogens with zero attached hydrogens (tertiary/aromatic N) is 1. The summed E-state index contributed by atoms with van der Waals surface area (Å²) in [5, 5.41) is 0. The van der Waals surface area contributed by atoms with E-state index in [1.807, 2.05) is 0 Å². The summed E-state index contributed by atoms with van der Waals surface area (Å²) in [6.45, 7) is 18.3. The van der Waals surface area contributed by atoms with Crippen molar-refractivity contribution < 1.29 is 22.4 Å². The Labute approximate surface area is 203 Å². The van der Waals surface area contributed by atoms with Crippen molar-refractivity contribution in [3.05, 3.63) is 33.1 Å². The van der Waals surface area contributed by atoms with Crippen molar-refractivity contribution >= 4 is 17.1 Å². The number of aromatic nitrogens is 2. The van der Waals surface area contributed by atoms with Crippen LogP contribution in [0.2, 0.25) is 22.2 Å². The van der Waals surface area contributed by atoms with Crippen molar-refractivity contribution in [3.63, 3.8) is 0 Å². The van der Waals surface area contributed by atoms with E-state index in [0.717, 1.165) is 0 Å². The number of hydrogen-bond acceptors (Lipinski definition) is 7. The largest absolute Gasteiger partial charge is 0.414 e. The van der Waals surface area contributed by atoms with Gasteiger partial charge in [-0.25, -0.2) is 4.79 Å². The van der Waals surface area contributed by atoms with E-state index in [9.17, 15) is 9.59 Å². The summed E-state index contributed by atoms with van der Waals surface area (Å²) in [5.41, 5.74) is -1.01. The lowest BCUT2D eigenvalue weighted by Gasteiger charge is -2.54. The maximum Gasteiger partial charge on any atom is 0.335 e. The van der Waals surface area contributed by atoms with Crippen molar-refractivity contribution in [1.29, 1.82) is 0 Å². The number of fused-ring (bicyclic) bond motifs is 2. The first-order chi connectivity index (χ1) is 15.9. The molecule has 11 heteroatoms. The summed E-state index contributed by atoms with van der Waals surface area (Å²) in [6, 6.07) is 1.33. The summed E-state index contributed by atoms with van der Waals surface area (Å²) in [7, 11) is -5.56. The molecule has 0 aliphatic carbocycles. The van der Waals surface area contributed by atoms with Crippen molar-refractivity contribution in [2.75, 3.05) is 13.2 Å². The van der Waals surface area contributed by atoms with Gasteiger partial charge in [0.15, 0.2) is 6.23 Å². The lowest BCUT2D eigenvalue weighted by molar-refractivity contribution is -0.226. The molecule has 192 valence electrons. The van der Waals surface area contributed by atoms with Gasteiger partial charge in [-0.2, -0.15) is 0 Å². The van der Waals surface area contributed by atoms with Gasteiger partial charge in [0.05, 0.1) is 13.2 Å². The third kappa shape index (κ3) is 3.84. The lowest BCUT2D eigenvalue weighted by Crippen LogP contribution is -2.68. The molecule has 1 N–H and O–H groups in total. The number of aromatic amines is 1. The molecule has 4 heterocycles. The van der Waals surface area contributed by atoms with Gasteiger partial charge in [-0.05, 0) is 22.2 Å². The summed E-state index contributed by atoms with van der Waals surface area (Å²) >= 11 is 0. The molecule has 1 spiro atoms. The minimum atomic E-state index is -2.86. The summed E-state index contributed by atoms with van der Waals surface area (Å²) < 4.78 is 35.4. The van der Waals surface area contributed by atoms with Gasteiger partial charge >= 0.3 is 22.8 Å². The molecule has 2 unspecified atom stereocenters. The molecule has 4 rings (SSSR count). The first-order valence-corrected chi connectivity index (χ1v) is 16.5. The van der Waals surface area contributed by atoms with Crippen molar-refractivity contribution in [2.24, 2.45) is 0 Å². The number of rotatable bonds is 5. The van der Waals surface area contributed by atoms with E-state index in [1.165, 1.54) is 16.8 Å². The zero-order chi connectivity index (χ0) is 25.1. The standard InChI is InChI=1S/C23H40N2O7Si2/c1-14(2)33(15(3)4)29-13-18-20(31-34(32-33,16(5)6)17(7)8)23(10-12-28-23)21(30-18)25-11-9-19(26)24-22(25)27/h9,11,14-18,20-21H,10,12-13H2,1-8H3,(H,24,26,27)/t18?,20-,21?,23+/m1/s1. The molecule has 0 radical (unpaired) electrons. The van der Waals surface area contributed by atoms with Crippen molar-refractivity contribution in [3.8, 4) is 0 Å². The Bertz CT molecular complexity index is 986. The van der Waals surface area contributed by atoms with Crippen LogP contribution in [0.1, 0.15) is 68.0 Å². The molecule has 3 saturated heterocycles. The van der Waals surface area contributed by atoms with Crippen LogP contribution < -0.4 is 11.2 Å². The monoisotopic (exact) mass is 512 g/mol. The Morgan fingerprint density at radius 1 is 1.00 bits per heavy atom. The summed E-state index contributed by atoms with van der Waals surface area (Å²) in [5.74, 6) is 0. The van der Waals surface area contributed by atoms with Gasteiger partial charge in [0, 0.05) is 18.7 Å². The minimum absolute atomic E-state index is 0.172. The summed E-state index contributed by atoms with van der Waals surface area (Å²) in [6.07, 6.45) is 0.585. The van der Waals surface area contributed by atoms with E-state index < -0.39 is 52.4 Å². The highest BCUT2D eigenvalue weighted by molar-refractivity contribution is 6.84. The fraction of sp³-hybridized carbons (Fsp3) is 0.826. The van der Waals surface area contributed by atoms with E-state index >= 15 is 0 Å². The van der Waals surface area contributed by atoms with Crippen LogP contribution in [0.15, 0.2) is 21.9 Å². The maximum absolute atomic E-state index is 12.7. The van der Waals surface area contributed by atoms with Crippen LogP contribution in [0.5, 0.6) is 0 Å². The molecule has 4 atom stereocenters. The second-order valence-electron chi connectivity index (χ2n) is 11.1. The maximum atomic E-state index is 12.7. The Hall–Kier alpha value is -1.09. The first-order valence-electron chi connectivity index (χ1n) is 12.5. The molecule has 3 aliphatic heterocycles. The normalized spacial score (nSPS) is 32.8. The zero-order valence-electron chi connectivity index (χ0n) is 21.6. The fourth-order valence-electron chi connectivity index (χ4n) is 5.90. The van der Waals surface area contributed by atoms with Crippen LogP contribution >= 0.6 is 0 Å². The second-order valence-corrected chi connectivity index (χ2v) is 20.0. The van der Waals surface area contributed by atoms with Gasteiger partial charge in [0.25, 0.3) is 5.56 Å². The molecule has 3 aliphatic rings. The predicted octanol–water partition coefficient (Wildman–Crippen LogP) is 3.55. The molecule has 1 aromatic heterocycles. The van der Waals surface area contributed by atoms with Crippen LogP contribution in [-0.2, 0) is 22.4 Å². The molecule has 1 aromatic rings. The second kappa shape index (κ2) is 9.09. The molecule has 0 saturated carbocycles. The first kappa shape index (κ1) is 26.0. The van der Waals surface area contributed by atoms with E-state index in [0.29, 0.717) is 19.6 Å². The lowest BCUT2D eigenvalue weighted by atomic mass is 9.86. The SMILES string of the molecule is CC(C)[Si]1(C(C)C)OCC2OC(n3ccc(=O)[nH]c3=O)[C@]3(CCO3)[C@@H]2O[Si](C(C)C)(C(C)C)O1. The molecule has 0 aromatic carbocycles. The molecular formula is C23H40N2O7Si2.